The Hall–Kier alpha value is -1.10. The number of hydrogen-bond acceptors (Lipinski definition) is 3. The zero-order valence-electron chi connectivity index (χ0n) is 15.4. The molecule has 138 valence electrons. The van der Waals surface area contributed by atoms with E-state index in [1.54, 1.807) is 4.90 Å². The summed E-state index contributed by atoms with van der Waals surface area (Å²) in [6, 6.07) is 0.0818. The first-order valence-corrected chi connectivity index (χ1v) is 9.67. The first-order chi connectivity index (χ1) is 11.5. The maximum atomic E-state index is 11.8. The largest absolute Gasteiger partial charge is 0.480 e. The molecule has 1 saturated heterocycles. The van der Waals surface area contributed by atoms with Gasteiger partial charge < -0.3 is 14.9 Å². The van der Waals surface area contributed by atoms with Gasteiger partial charge in [-0.25, -0.2) is 0 Å². The molecule has 1 saturated carbocycles. The van der Waals surface area contributed by atoms with Crippen molar-refractivity contribution >= 4 is 11.9 Å². The second kappa shape index (κ2) is 9.40. The van der Waals surface area contributed by atoms with Crippen molar-refractivity contribution in [1.29, 1.82) is 0 Å². The van der Waals surface area contributed by atoms with Crippen molar-refractivity contribution in [3.63, 3.8) is 0 Å². The second-order valence-corrected chi connectivity index (χ2v) is 7.89. The van der Waals surface area contributed by atoms with Crippen LogP contribution in [0.1, 0.15) is 65.2 Å². The number of carbonyl (C=O) groups is 2. The predicted molar refractivity (Wildman–Crippen MR) is 94.8 cm³/mol. The van der Waals surface area contributed by atoms with Crippen molar-refractivity contribution < 1.29 is 14.7 Å². The highest BCUT2D eigenvalue weighted by Crippen LogP contribution is 2.31. The zero-order chi connectivity index (χ0) is 17.5. The molecule has 0 radical (unpaired) electrons. The molecule has 5 nitrogen and oxygen atoms in total. The average molecular weight is 338 g/mol. The number of likely N-dealkylation sites (tertiary alicyclic amines) is 1. The van der Waals surface area contributed by atoms with Crippen molar-refractivity contribution in [1.82, 2.24) is 9.80 Å². The highest BCUT2D eigenvalue weighted by atomic mass is 16.4. The van der Waals surface area contributed by atoms with Gasteiger partial charge in [0, 0.05) is 19.5 Å². The highest BCUT2D eigenvalue weighted by molar-refractivity contribution is 5.79. The maximum absolute atomic E-state index is 11.8. The third-order valence-corrected chi connectivity index (χ3v) is 5.84. The quantitative estimate of drug-likeness (QED) is 0.809. The molecule has 3 unspecified atom stereocenters. The topological polar surface area (TPSA) is 60.9 Å². The molecule has 3 atom stereocenters. The van der Waals surface area contributed by atoms with Gasteiger partial charge >= 0.3 is 5.97 Å². The van der Waals surface area contributed by atoms with E-state index >= 15 is 0 Å². The number of rotatable bonds is 6. The minimum absolute atomic E-state index is 0.0818. The van der Waals surface area contributed by atoms with Crippen LogP contribution in [-0.4, -0.2) is 59.0 Å². The summed E-state index contributed by atoms with van der Waals surface area (Å²) in [5.41, 5.74) is 0. The van der Waals surface area contributed by atoms with Gasteiger partial charge in [0.25, 0.3) is 0 Å². The van der Waals surface area contributed by atoms with E-state index in [0.717, 1.165) is 50.7 Å². The summed E-state index contributed by atoms with van der Waals surface area (Å²) in [4.78, 5) is 26.9. The van der Waals surface area contributed by atoms with Crippen LogP contribution in [0.4, 0.5) is 0 Å². The SMILES string of the molecule is CC(=O)N(CC(=O)O)C1CCCN(CCC2CCCC(C)C2)CC1. The Bertz CT molecular complexity index is 427. The number of aliphatic carboxylic acids is 1. The lowest BCUT2D eigenvalue weighted by Crippen LogP contribution is -2.42. The molecule has 2 aliphatic rings. The Balaban J connectivity index is 1.79. The van der Waals surface area contributed by atoms with E-state index in [1.807, 2.05) is 0 Å². The van der Waals surface area contributed by atoms with Gasteiger partial charge in [0.05, 0.1) is 0 Å². The fraction of sp³-hybridized carbons (Fsp3) is 0.895. The van der Waals surface area contributed by atoms with Crippen LogP contribution in [0.25, 0.3) is 0 Å². The Kier molecular flexibility index (Phi) is 7.53. The van der Waals surface area contributed by atoms with Gasteiger partial charge in [-0.2, -0.15) is 0 Å². The molecule has 1 amide bonds. The fourth-order valence-corrected chi connectivity index (χ4v) is 4.50. The molecule has 24 heavy (non-hydrogen) atoms. The van der Waals surface area contributed by atoms with Gasteiger partial charge in [-0.05, 0) is 57.0 Å². The highest BCUT2D eigenvalue weighted by Gasteiger charge is 2.26. The van der Waals surface area contributed by atoms with Gasteiger partial charge in [0.15, 0.2) is 0 Å². The van der Waals surface area contributed by atoms with Crippen LogP contribution in [-0.2, 0) is 9.59 Å². The van der Waals surface area contributed by atoms with Crippen LogP contribution >= 0.6 is 0 Å². The molecule has 1 aliphatic carbocycles. The van der Waals surface area contributed by atoms with Crippen LogP contribution in [0, 0.1) is 11.8 Å². The van der Waals surface area contributed by atoms with E-state index in [1.165, 1.54) is 39.0 Å². The fourth-order valence-electron chi connectivity index (χ4n) is 4.50. The predicted octanol–water partition coefficient (Wildman–Crippen LogP) is 2.99. The second-order valence-electron chi connectivity index (χ2n) is 7.89. The molecular formula is C19H34N2O3. The van der Waals surface area contributed by atoms with Crippen molar-refractivity contribution in [2.75, 3.05) is 26.2 Å². The monoisotopic (exact) mass is 338 g/mol. The van der Waals surface area contributed by atoms with Crippen molar-refractivity contribution in [2.24, 2.45) is 11.8 Å². The van der Waals surface area contributed by atoms with Crippen LogP contribution < -0.4 is 0 Å². The Morgan fingerprint density at radius 2 is 1.92 bits per heavy atom. The number of amides is 1. The van der Waals surface area contributed by atoms with Crippen LogP contribution in [0.15, 0.2) is 0 Å². The van der Waals surface area contributed by atoms with E-state index in [-0.39, 0.29) is 18.5 Å². The molecule has 2 rings (SSSR count). The normalized spacial score (nSPS) is 29.0. The number of hydrogen-bond donors (Lipinski definition) is 1. The van der Waals surface area contributed by atoms with Crippen molar-refractivity contribution in [3.05, 3.63) is 0 Å². The number of carboxylic acids is 1. The molecule has 0 bridgehead atoms. The first-order valence-electron chi connectivity index (χ1n) is 9.67. The standard InChI is InChI=1S/C19H34N2O3/c1-15-5-3-6-17(13-15)8-11-20-10-4-7-18(9-12-20)21(16(2)22)14-19(23)24/h15,17-18H,3-14H2,1-2H3,(H,23,24). The summed E-state index contributed by atoms with van der Waals surface area (Å²) in [5.74, 6) is 0.732. The first kappa shape index (κ1) is 19.2. The summed E-state index contributed by atoms with van der Waals surface area (Å²) in [6.07, 6.45) is 9.71. The van der Waals surface area contributed by atoms with Gasteiger partial charge in [0.1, 0.15) is 6.54 Å². The molecular weight excluding hydrogens is 304 g/mol. The third-order valence-electron chi connectivity index (χ3n) is 5.84. The van der Waals surface area contributed by atoms with E-state index in [2.05, 4.69) is 11.8 Å². The molecule has 1 N–H and O–H groups in total. The molecule has 0 aromatic carbocycles. The van der Waals surface area contributed by atoms with Crippen LogP contribution in [0.2, 0.25) is 0 Å². The van der Waals surface area contributed by atoms with E-state index < -0.39 is 5.97 Å². The van der Waals surface area contributed by atoms with Gasteiger partial charge in [-0.15, -0.1) is 0 Å². The lowest BCUT2D eigenvalue weighted by atomic mass is 9.81. The summed E-state index contributed by atoms with van der Waals surface area (Å²) in [6.45, 7) is 6.91. The number of nitrogens with zero attached hydrogens (tertiary/aromatic N) is 2. The summed E-state index contributed by atoms with van der Waals surface area (Å²) in [5, 5.41) is 9.03. The van der Waals surface area contributed by atoms with E-state index in [0.29, 0.717) is 0 Å². The lowest BCUT2D eigenvalue weighted by molar-refractivity contribution is -0.145. The molecule has 5 heteroatoms. The van der Waals surface area contributed by atoms with Gasteiger partial charge in [0.2, 0.25) is 5.91 Å². The van der Waals surface area contributed by atoms with Crippen molar-refractivity contribution in [2.45, 2.75) is 71.3 Å². The average Bonchev–Trinajstić information content (AvgIpc) is 2.76. The zero-order valence-corrected chi connectivity index (χ0v) is 15.4. The Morgan fingerprint density at radius 3 is 2.58 bits per heavy atom. The molecule has 2 fully saturated rings. The van der Waals surface area contributed by atoms with Crippen LogP contribution in [0.5, 0.6) is 0 Å². The van der Waals surface area contributed by atoms with E-state index in [9.17, 15) is 9.59 Å². The molecule has 1 aliphatic heterocycles. The Morgan fingerprint density at radius 1 is 1.12 bits per heavy atom. The Labute approximate surface area is 146 Å². The van der Waals surface area contributed by atoms with Gasteiger partial charge in [-0.1, -0.05) is 26.2 Å². The summed E-state index contributed by atoms with van der Waals surface area (Å²) < 4.78 is 0. The summed E-state index contributed by atoms with van der Waals surface area (Å²) >= 11 is 0. The molecule has 0 aromatic heterocycles. The smallest absolute Gasteiger partial charge is 0.323 e. The minimum Gasteiger partial charge on any atom is -0.480 e. The lowest BCUT2D eigenvalue weighted by Gasteiger charge is -2.30. The molecule has 0 spiro atoms. The maximum Gasteiger partial charge on any atom is 0.323 e. The van der Waals surface area contributed by atoms with Crippen LogP contribution in [0.3, 0.4) is 0 Å². The van der Waals surface area contributed by atoms with Gasteiger partial charge in [-0.3, -0.25) is 9.59 Å². The minimum atomic E-state index is -0.919. The third kappa shape index (κ3) is 6.08. The number of carboxylic acid groups (broad SMARTS) is 1. The summed E-state index contributed by atoms with van der Waals surface area (Å²) in [7, 11) is 0. The van der Waals surface area contributed by atoms with E-state index in [4.69, 9.17) is 5.11 Å². The molecule has 1 heterocycles. The number of carbonyl (C=O) groups excluding carboxylic acids is 1. The molecule has 0 aromatic rings. The van der Waals surface area contributed by atoms with Crippen molar-refractivity contribution in [3.8, 4) is 0 Å².